The van der Waals surface area contributed by atoms with Crippen LogP contribution in [0, 0.1) is 5.82 Å². The minimum Gasteiger partial charge on any atom is -0.495 e. The standard InChI is InChI=1S/C15H14FNO6S/c1-22-12-8-13(23-2)14(7-11(12)16)24(20,21)17-10-5-3-9(4-6-10)15(18)19/h3-8,17H,1-2H3,(H,18,19). The van der Waals surface area contributed by atoms with Gasteiger partial charge in [-0.3, -0.25) is 4.72 Å². The Kier molecular flexibility index (Phi) is 4.93. The molecule has 2 aromatic carbocycles. The summed E-state index contributed by atoms with van der Waals surface area (Å²) in [5, 5.41) is 8.83. The molecular formula is C15H14FNO6S. The lowest BCUT2D eigenvalue weighted by atomic mass is 10.2. The number of hydrogen-bond acceptors (Lipinski definition) is 5. The number of halogens is 1. The number of rotatable bonds is 6. The number of carbonyl (C=O) groups is 1. The Morgan fingerprint density at radius 1 is 1.08 bits per heavy atom. The lowest BCUT2D eigenvalue weighted by molar-refractivity contribution is 0.0697. The Morgan fingerprint density at radius 2 is 1.67 bits per heavy atom. The molecule has 2 rings (SSSR count). The van der Waals surface area contributed by atoms with Crippen molar-refractivity contribution in [3.8, 4) is 11.5 Å². The van der Waals surface area contributed by atoms with E-state index in [0.29, 0.717) is 0 Å². The highest BCUT2D eigenvalue weighted by Gasteiger charge is 2.23. The molecule has 24 heavy (non-hydrogen) atoms. The molecule has 0 saturated carbocycles. The van der Waals surface area contributed by atoms with Crippen molar-refractivity contribution >= 4 is 21.7 Å². The van der Waals surface area contributed by atoms with Crippen molar-refractivity contribution in [2.75, 3.05) is 18.9 Å². The van der Waals surface area contributed by atoms with Gasteiger partial charge in [0.05, 0.1) is 19.8 Å². The third-order valence-corrected chi connectivity index (χ3v) is 4.51. The number of anilines is 1. The van der Waals surface area contributed by atoms with Crippen LogP contribution in [0.5, 0.6) is 11.5 Å². The molecule has 0 aliphatic carbocycles. The van der Waals surface area contributed by atoms with E-state index in [-0.39, 0.29) is 22.7 Å². The molecule has 7 nitrogen and oxygen atoms in total. The quantitative estimate of drug-likeness (QED) is 0.825. The van der Waals surface area contributed by atoms with Gasteiger partial charge in [0.1, 0.15) is 10.6 Å². The van der Waals surface area contributed by atoms with Crippen LogP contribution in [-0.2, 0) is 10.0 Å². The van der Waals surface area contributed by atoms with Gasteiger partial charge in [0, 0.05) is 17.8 Å². The van der Waals surface area contributed by atoms with Crippen LogP contribution in [0.2, 0.25) is 0 Å². The van der Waals surface area contributed by atoms with Gasteiger partial charge in [0.25, 0.3) is 10.0 Å². The summed E-state index contributed by atoms with van der Waals surface area (Å²) in [5.41, 5.74) is 0.129. The van der Waals surface area contributed by atoms with Crippen molar-refractivity contribution in [1.29, 1.82) is 0 Å². The second kappa shape index (κ2) is 6.75. The van der Waals surface area contributed by atoms with Crippen molar-refractivity contribution in [2.45, 2.75) is 4.90 Å². The van der Waals surface area contributed by atoms with Crippen LogP contribution in [0.25, 0.3) is 0 Å². The van der Waals surface area contributed by atoms with Crippen LogP contribution in [0.3, 0.4) is 0 Å². The molecule has 0 saturated heterocycles. The number of hydrogen-bond donors (Lipinski definition) is 2. The zero-order valence-corrected chi connectivity index (χ0v) is 13.6. The van der Waals surface area contributed by atoms with Crippen LogP contribution in [0.15, 0.2) is 41.3 Å². The van der Waals surface area contributed by atoms with Crippen molar-refractivity contribution < 1.29 is 32.2 Å². The molecule has 0 fully saturated rings. The summed E-state index contributed by atoms with van der Waals surface area (Å²) >= 11 is 0. The molecule has 0 amide bonds. The summed E-state index contributed by atoms with van der Waals surface area (Å²) in [5.74, 6) is -2.25. The molecule has 9 heteroatoms. The average molecular weight is 355 g/mol. The van der Waals surface area contributed by atoms with Crippen molar-refractivity contribution in [2.24, 2.45) is 0 Å². The minimum absolute atomic E-state index is 0.00557. The minimum atomic E-state index is -4.15. The predicted octanol–water partition coefficient (Wildman–Crippen LogP) is 2.34. The molecule has 2 aromatic rings. The smallest absolute Gasteiger partial charge is 0.335 e. The summed E-state index contributed by atoms with van der Waals surface area (Å²) in [6.07, 6.45) is 0. The predicted molar refractivity (Wildman–Crippen MR) is 83.7 cm³/mol. The molecular weight excluding hydrogens is 341 g/mol. The normalized spacial score (nSPS) is 11.0. The second-order valence-electron chi connectivity index (χ2n) is 4.63. The van der Waals surface area contributed by atoms with E-state index in [1.807, 2.05) is 0 Å². The number of ether oxygens (including phenoxy) is 2. The topological polar surface area (TPSA) is 102 Å². The van der Waals surface area contributed by atoms with Crippen LogP contribution in [0.4, 0.5) is 10.1 Å². The monoisotopic (exact) mass is 355 g/mol. The van der Waals surface area contributed by atoms with Gasteiger partial charge < -0.3 is 14.6 Å². The molecule has 0 bridgehead atoms. The number of carboxylic acids is 1. The SMILES string of the molecule is COc1cc(OC)c(S(=O)(=O)Nc2ccc(C(=O)O)cc2)cc1F. The van der Waals surface area contributed by atoms with Gasteiger partial charge in [-0.1, -0.05) is 0 Å². The van der Waals surface area contributed by atoms with E-state index >= 15 is 0 Å². The number of nitrogens with one attached hydrogen (secondary N) is 1. The third kappa shape index (κ3) is 3.57. The lowest BCUT2D eigenvalue weighted by Crippen LogP contribution is -2.14. The maximum Gasteiger partial charge on any atom is 0.335 e. The zero-order chi connectivity index (χ0) is 17.9. The van der Waals surface area contributed by atoms with E-state index in [2.05, 4.69) is 4.72 Å². The number of methoxy groups -OCH3 is 2. The summed E-state index contributed by atoms with van der Waals surface area (Å²) in [6.45, 7) is 0. The molecule has 0 heterocycles. The number of carboxylic acid groups (broad SMARTS) is 1. The van der Waals surface area contributed by atoms with Gasteiger partial charge in [-0.15, -0.1) is 0 Å². The highest BCUT2D eigenvalue weighted by molar-refractivity contribution is 7.92. The largest absolute Gasteiger partial charge is 0.495 e. The molecule has 0 spiro atoms. The maximum atomic E-state index is 13.8. The average Bonchev–Trinajstić information content (AvgIpc) is 2.54. The number of aromatic carboxylic acids is 1. The van der Waals surface area contributed by atoms with E-state index in [4.69, 9.17) is 14.6 Å². The first-order valence-electron chi connectivity index (χ1n) is 6.56. The van der Waals surface area contributed by atoms with E-state index < -0.39 is 26.7 Å². The van der Waals surface area contributed by atoms with Gasteiger partial charge in [-0.2, -0.15) is 0 Å². The molecule has 0 aliphatic heterocycles. The fourth-order valence-electron chi connectivity index (χ4n) is 1.93. The molecule has 0 unspecified atom stereocenters. The Bertz CT molecular complexity index is 864. The first kappa shape index (κ1) is 17.5. The second-order valence-corrected chi connectivity index (χ2v) is 6.28. The summed E-state index contributed by atoms with van der Waals surface area (Å²) in [6, 6.07) is 6.96. The van der Waals surface area contributed by atoms with E-state index in [9.17, 15) is 17.6 Å². The molecule has 2 N–H and O–H groups in total. The molecule has 0 aromatic heterocycles. The van der Waals surface area contributed by atoms with Gasteiger partial charge in [-0.05, 0) is 24.3 Å². The summed E-state index contributed by atoms with van der Waals surface area (Å²) in [4.78, 5) is 10.4. The van der Waals surface area contributed by atoms with E-state index in [1.165, 1.54) is 38.5 Å². The van der Waals surface area contributed by atoms with Crippen molar-refractivity contribution in [1.82, 2.24) is 0 Å². The molecule has 128 valence electrons. The first-order chi connectivity index (χ1) is 11.3. The van der Waals surface area contributed by atoms with E-state index in [1.54, 1.807) is 0 Å². The van der Waals surface area contributed by atoms with Gasteiger partial charge >= 0.3 is 5.97 Å². The Balaban J connectivity index is 2.40. The van der Waals surface area contributed by atoms with Crippen LogP contribution in [-0.4, -0.2) is 33.7 Å². The lowest BCUT2D eigenvalue weighted by Gasteiger charge is -2.13. The Morgan fingerprint density at radius 3 is 2.17 bits per heavy atom. The number of benzene rings is 2. The molecule has 0 atom stereocenters. The Hall–Kier alpha value is -2.81. The van der Waals surface area contributed by atoms with E-state index in [0.717, 1.165) is 12.1 Å². The van der Waals surface area contributed by atoms with Gasteiger partial charge in [-0.25, -0.2) is 17.6 Å². The summed E-state index contributed by atoms with van der Waals surface area (Å²) in [7, 11) is -1.67. The fourth-order valence-corrected chi connectivity index (χ4v) is 3.16. The molecule has 0 aliphatic rings. The maximum absolute atomic E-state index is 13.8. The highest BCUT2D eigenvalue weighted by Crippen LogP contribution is 2.32. The van der Waals surface area contributed by atoms with Crippen molar-refractivity contribution in [3.05, 3.63) is 47.8 Å². The number of sulfonamides is 1. The zero-order valence-electron chi connectivity index (χ0n) is 12.7. The fraction of sp³-hybridized carbons (Fsp3) is 0.133. The summed E-state index contributed by atoms with van der Waals surface area (Å²) < 4.78 is 50.7. The first-order valence-corrected chi connectivity index (χ1v) is 8.04. The van der Waals surface area contributed by atoms with Gasteiger partial charge in [0.15, 0.2) is 11.6 Å². The third-order valence-electron chi connectivity index (χ3n) is 3.11. The van der Waals surface area contributed by atoms with Crippen LogP contribution < -0.4 is 14.2 Å². The Labute approximate surface area is 137 Å². The van der Waals surface area contributed by atoms with Crippen LogP contribution in [0.1, 0.15) is 10.4 Å². The molecule has 0 radical (unpaired) electrons. The van der Waals surface area contributed by atoms with Crippen molar-refractivity contribution in [3.63, 3.8) is 0 Å². The highest BCUT2D eigenvalue weighted by atomic mass is 32.2. The van der Waals surface area contributed by atoms with Gasteiger partial charge in [0.2, 0.25) is 0 Å². The van der Waals surface area contributed by atoms with Crippen LogP contribution >= 0.6 is 0 Å².